The van der Waals surface area contributed by atoms with E-state index in [1.165, 1.54) is 49.7 Å². The van der Waals surface area contributed by atoms with Gasteiger partial charge in [0.15, 0.2) is 5.13 Å². The number of nitrogens with zero attached hydrogens (tertiary/aromatic N) is 4. The number of anilines is 1. The SMILES string of the molecule is Cc1cc(C)c2sc(N(Cc3ccccn3)C(=O)c3ccc(S(=O)(=O)N(C)C)cc3)nc2c1. The number of hydrogen-bond donors (Lipinski definition) is 0. The minimum atomic E-state index is -3.58. The predicted octanol–water partition coefficient (Wildman–Crippen LogP) is 4.41. The zero-order valence-corrected chi connectivity index (χ0v) is 20.4. The van der Waals surface area contributed by atoms with Crippen molar-refractivity contribution in [3.63, 3.8) is 0 Å². The Morgan fingerprint density at radius 3 is 2.39 bits per heavy atom. The van der Waals surface area contributed by atoms with Crippen LogP contribution in [0.5, 0.6) is 0 Å². The number of carbonyl (C=O) groups is 1. The van der Waals surface area contributed by atoms with Gasteiger partial charge in [-0.3, -0.25) is 14.7 Å². The molecule has 2 aromatic heterocycles. The third kappa shape index (κ3) is 4.66. The highest BCUT2D eigenvalue weighted by Gasteiger charge is 2.24. The van der Waals surface area contributed by atoms with Gasteiger partial charge in [-0.2, -0.15) is 0 Å². The lowest BCUT2D eigenvalue weighted by Gasteiger charge is -2.20. The van der Waals surface area contributed by atoms with Gasteiger partial charge < -0.3 is 0 Å². The molecule has 0 aliphatic rings. The normalized spacial score (nSPS) is 11.8. The fourth-order valence-electron chi connectivity index (χ4n) is 3.50. The van der Waals surface area contributed by atoms with Gasteiger partial charge in [-0.05, 0) is 67.4 Å². The second kappa shape index (κ2) is 9.01. The van der Waals surface area contributed by atoms with E-state index in [0.717, 1.165) is 31.3 Å². The lowest BCUT2D eigenvalue weighted by Crippen LogP contribution is -2.30. The molecule has 2 aromatic carbocycles. The highest BCUT2D eigenvalue weighted by molar-refractivity contribution is 7.89. The van der Waals surface area contributed by atoms with Gasteiger partial charge in [-0.25, -0.2) is 17.7 Å². The summed E-state index contributed by atoms with van der Waals surface area (Å²) in [7, 11) is -0.634. The van der Waals surface area contributed by atoms with Crippen molar-refractivity contribution in [1.82, 2.24) is 14.3 Å². The second-order valence-corrected chi connectivity index (χ2v) is 11.1. The molecule has 0 saturated heterocycles. The van der Waals surface area contributed by atoms with Gasteiger partial charge >= 0.3 is 0 Å². The fraction of sp³-hybridized carbons (Fsp3) is 0.208. The maximum atomic E-state index is 13.6. The molecule has 1 amide bonds. The van der Waals surface area contributed by atoms with E-state index in [4.69, 9.17) is 4.98 Å². The van der Waals surface area contributed by atoms with Gasteiger partial charge in [0.2, 0.25) is 10.0 Å². The first-order chi connectivity index (χ1) is 15.7. The van der Waals surface area contributed by atoms with E-state index < -0.39 is 10.0 Å². The van der Waals surface area contributed by atoms with Crippen molar-refractivity contribution >= 4 is 42.6 Å². The Morgan fingerprint density at radius 2 is 1.76 bits per heavy atom. The molecule has 0 saturated carbocycles. The Bertz CT molecular complexity index is 1410. The van der Waals surface area contributed by atoms with E-state index in [1.807, 2.05) is 38.1 Å². The molecule has 0 bridgehead atoms. The molecule has 7 nitrogen and oxygen atoms in total. The molecule has 0 aliphatic heterocycles. The van der Waals surface area contributed by atoms with Gasteiger partial charge in [0.1, 0.15) is 0 Å². The third-order valence-corrected chi connectivity index (χ3v) is 8.27. The number of fused-ring (bicyclic) bond motifs is 1. The van der Waals surface area contributed by atoms with Crippen molar-refractivity contribution in [2.45, 2.75) is 25.3 Å². The highest BCUT2D eigenvalue weighted by Crippen LogP contribution is 2.33. The zero-order chi connectivity index (χ0) is 23.8. The number of benzene rings is 2. The lowest BCUT2D eigenvalue weighted by molar-refractivity contribution is 0.0984. The Morgan fingerprint density at radius 1 is 1.03 bits per heavy atom. The Kier molecular flexibility index (Phi) is 6.29. The molecule has 9 heteroatoms. The van der Waals surface area contributed by atoms with Crippen LogP contribution in [0.4, 0.5) is 5.13 Å². The molecule has 0 radical (unpaired) electrons. The molecule has 0 N–H and O–H groups in total. The molecule has 0 unspecified atom stereocenters. The van der Waals surface area contributed by atoms with Crippen LogP contribution in [0.3, 0.4) is 0 Å². The highest BCUT2D eigenvalue weighted by atomic mass is 32.2. The number of amides is 1. The van der Waals surface area contributed by atoms with E-state index in [0.29, 0.717) is 10.7 Å². The molecule has 33 heavy (non-hydrogen) atoms. The monoisotopic (exact) mass is 480 g/mol. The zero-order valence-electron chi connectivity index (χ0n) is 18.8. The largest absolute Gasteiger partial charge is 0.278 e. The number of carbonyl (C=O) groups excluding carboxylic acids is 1. The first-order valence-corrected chi connectivity index (χ1v) is 12.5. The van der Waals surface area contributed by atoms with Gasteiger partial charge in [-0.1, -0.05) is 23.5 Å². The quantitative estimate of drug-likeness (QED) is 0.408. The first-order valence-electron chi connectivity index (χ1n) is 10.3. The summed E-state index contributed by atoms with van der Waals surface area (Å²) in [5, 5.41) is 0.569. The number of thiazole rings is 1. The van der Waals surface area contributed by atoms with Crippen molar-refractivity contribution in [1.29, 1.82) is 0 Å². The minimum absolute atomic E-state index is 0.131. The summed E-state index contributed by atoms with van der Waals surface area (Å²) < 4.78 is 26.9. The van der Waals surface area contributed by atoms with Crippen molar-refractivity contribution < 1.29 is 13.2 Å². The predicted molar refractivity (Wildman–Crippen MR) is 131 cm³/mol. The van der Waals surface area contributed by atoms with Crippen LogP contribution in [0.25, 0.3) is 10.2 Å². The van der Waals surface area contributed by atoms with Crippen molar-refractivity contribution in [3.8, 4) is 0 Å². The number of aromatic nitrogens is 2. The van der Waals surface area contributed by atoms with Crippen molar-refractivity contribution in [2.24, 2.45) is 0 Å². The Labute approximate surface area is 197 Å². The molecular weight excluding hydrogens is 456 g/mol. The molecule has 4 rings (SSSR count). The van der Waals surface area contributed by atoms with Crippen LogP contribution in [0.15, 0.2) is 65.7 Å². The van der Waals surface area contributed by atoms with Gasteiger partial charge in [0.25, 0.3) is 5.91 Å². The summed E-state index contributed by atoms with van der Waals surface area (Å²) >= 11 is 1.46. The molecule has 170 valence electrons. The molecule has 0 aliphatic carbocycles. The number of pyridine rings is 1. The third-order valence-electron chi connectivity index (χ3n) is 5.21. The molecule has 0 atom stereocenters. The van der Waals surface area contributed by atoms with Crippen LogP contribution < -0.4 is 4.90 Å². The van der Waals surface area contributed by atoms with Crippen LogP contribution in [0.1, 0.15) is 27.2 Å². The van der Waals surface area contributed by atoms with E-state index in [9.17, 15) is 13.2 Å². The van der Waals surface area contributed by atoms with Crippen LogP contribution in [-0.4, -0.2) is 42.7 Å². The topological polar surface area (TPSA) is 83.5 Å². The molecule has 2 heterocycles. The summed E-state index contributed by atoms with van der Waals surface area (Å²) in [6.07, 6.45) is 1.69. The molecule has 0 fully saturated rings. The number of sulfonamides is 1. The van der Waals surface area contributed by atoms with E-state index in [1.54, 1.807) is 11.1 Å². The molecule has 0 spiro atoms. The van der Waals surface area contributed by atoms with Gasteiger partial charge in [-0.15, -0.1) is 0 Å². The summed E-state index contributed by atoms with van der Waals surface area (Å²) in [5.74, 6) is -0.275. The maximum absolute atomic E-state index is 13.6. The van der Waals surface area contributed by atoms with Gasteiger partial charge in [0.05, 0.1) is 27.4 Å². The Hall–Kier alpha value is -3.14. The number of rotatable bonds is 6. The fourth-order valence-corrected chi connectivity index (χ4v) is 5.41. The summed E-state index contributed by atoms with van der Waals surface area (Å²) in [4.78, 5) is 24.4. The van der Waals surface area contributed by atoms with Crippen LogP contribution >= 0.6 is 11.3 Å². The summed E-state index contributed by atoms with van der Waals surface area (Å²) in [6, 6.07) is 15.6. The van der Waals surface area contributed by atoms with Gasteiger partial charge in [0, 0.05) is 25.9 Å². The number of hydrogen-bond acceptors (Lipinski definition) is 6. The minimum Gasteiger partial charge on any atom is -0.278 e. The van der Waals surface area contributed by atoms with Crippen molar-refractivity contribution in [2.75, 3.05) is 19.0 Å². The van der Waals surface area contributed by atoms with Crippen LogP contribution in [0, 0.1) is 13.8 Å². The average molecular weight is 481 g/mol. The number of aryl methyl sites for hydroxylation is 2. The van der Waals surface area contributed by atoms with E-state index in [2.05, 4.69) is 11.1 Å². The first kappa shape index (κ1) is 23.0. The molecule has 4 aromatic rings. The Balaban J connectivity index is 1.75. The average Bonchev–Trinajstić information content (AvgIpc) is 3.22. The van der Waals surface area contributed by atoms with Crippen molar-refractivity contribution in [3.05, 3.63) is 83.2 Å². The van der Waals surface area contributed by atoms with E-state index in [-0.39, 0.29) is 17.3 Å². The van der Waals surface area contributed by atoms with Crippen LogP contribution in [0.2, 0.25) is 0 Å². The smallest absolute Gasteiger partial charge is 0.260 e. The van der Waals surface area contributed by atoms with E-state index >= 15 is 0 Å². The lowest BCUT2D eigenvalue weighted by atomic mass is 10.1. The molecular formula is C24H24N4O3S2. The summed E-state index contributed by atoms with van der Waals surface area (Å²) in [6.45, 7) is 4.30. The summed E-state index contributed by atoms with van der Waals surface area (Å²) in [5.41, 5.74) is 4.16. The maximum Gasteiger partial charge on any atom is 0.260 e. The second-order valence-electron chi connectivity index (χ2n) is 7.95. The standard InChI is InChI=1S/C24H24N4O3S2/c1-16-13-17(2)22-21(14-16)26-24(32-22)28(15-19-7-5-6-12-25-19)23(29)18-8-10-20(11-9-18)33(30,31)27(3)4/h5-14H,15H2,1-4H3. The van der Waals surface area contributed by atoms with Crippen LogP contribution in [-0.2, 0) is 16.6 Å².